The van der Waals surface area contributed by atoms with Gasteiger partial charge in [0.15, 0.2) is 0 Å². The summed E-state index contributed by atoms with van der Waals surface area (Å²) in [6, 6.07) is 4.46. The van der Waals surface area contributed by atoms with Crippen molar-refractivity contribution in [1.82, 2.24) is 0 Å². The highest BCUT2D eigenvalue weighted by atomic mass is 19.1. The summed E-state index contributed by atoms with van der Waals surface area (Å²) in [6.45, 7) is 1.84. The van der Waals surface area contributed by atoms with Crippen molar-refractivity contribution in [3.8, 4) is 0 Å². The van der Waals surface area contributed by atoms with Crippen molar-refractivity contribution in [3.63, 3.8) is 0 Å². The van der Waals surface area contributed by atoms with Gasteiger partial charge in [-0.3, -0.25) is 0 Å². The Morgan fingerprint density at radius 3 is 2.60 bits per heavy atom. The van der Waals surface area contributed by atoms with Crippen molar-refractivity contribution in [2.45, 2.75) is 6.92 Å². The van der Waals surface area contributed by atoms with E-state index in [4.69, 9.17) is 5.73 Å². The van der Waals surface area contributed by atoms with Crippen LogP contribution in [-0.4, -0.2) is 0 Å². The van der Waals surface area contributed by atoms with Crippen LogP contribution < -0.4 is 5.73 Å². The average molecular weight is 138 g/mol. The van der Waals surface area contributed by atoms with E-state index in [0.29, 0.717) is 5.69 Å². The third kappa shape index (κ3) is 1.47. The molecule has 2 heteroatoms. The van der Waals surface area contributed by atoms with Crippen LogP contribution in [0.3, 0.4) is 0 Å². The Kier molecular flexibility index (Phi) is 1.90. The van der Waals surface area contributed by atoms with E-state index in [0.717, 1.165) is 5.56 Å². The topological polar surface area (TPSA) is 26.0 Å². The van der Waals surface area contributed by atoms with Gasteiger partial charge in [-0.25, -0.2) is 4.39 Å². The molecule has 0 spiro atoms. The lowest BCUT2D eigenvalue weighted by Crippen LogP contribution is -1.88. The van der Waals surface area contributed by atoms with Gasteiger partial charge in [0.2, 0.25) is 0 Å². The van der Waals surface area contributed by atoms with E-state index in [9.17, 15) is 4.39 Å². The van der Waals surface area contributed by atoms with Crippen molar-refractivity contribution in [1.29, 1.82) is 0 Å². The molecule has 0 aliphatic carbocycles. The lowest BCUT2D eigenvalue weighted by atomic mass is 10.1. The average Bonchev–Trinajstić information content (AvgIpc) is 1.85. The first-order valence-electron chi connectivity index (χ1n) is 3.08. The fourth-order valence-corrected chi connectivity index (χ4v) is 0.803. The number of nitrogen functional groups attached to an aromatic ring is 1. The van der Waals surface area contributed by atoms with Crippen molar-refractivity contribution >= 4 is 5.69 Å². The van der Waals surface area contributed by atoms with Gasteiger partial charge in [0, 0.05) is 5.69 Å². The molecule has 0 bridgehead atoms. The lowest BCUT2D eigenvalue weighted by molar-refractivity contribution is 0.627. The van der Waals surface area contributed by atoms with Crippen LogP contribution in [-0.2, 0) is 0 Å². The summed E-state index contributed by atoms with van der Waals surface area (Å²) in [5.41, 5.74) is 6.66. The molecule has 0 saturated carbocycles. The second-order valence-corrected chi connectivity index (χ2v) is 2.11. The third-order valence-electron chi connectivity index (χ3n) is 1.28. The zero-order valence-corrected chi connectivity index (χ0v) is 5.76. The van der Waals surface area contributed by atoms with Crippen LogP contribution in [0.15, 0.2) is 18.2 Å². The predicted octanol–water partition coefficient (Wildman–Crippen LogP) is 1.98. The first kappa shape index (κ1) is 7.06. The minimum absolute atomic E-state index is 0.284. The molecule has 0 aromatic heterocycles. The minimum atomic E-state index is -0.284. The molecule has 0 fully saturated rings. The van der Waals surface area contributed by atoms with Crippen LogP contribution >= 0.6 is 0 Å². The smallest absolute Gasteiger partial charge is 0.125 e. The second kappa shape index (κ2) is 2.69. The first-order valence-corrected chi connectivity index (χ1v) is 3.08. The molecule has 1 rings (SSSR count). The molecule has 1 nitrogen and oxygen atoms in total. The summed E-state index contributed by atoms with van der Waals surface area (Å²) in [5, 5.41) is 0. The summed E-state index contributed by atoms with van der Waals surface area (Å²) in [7, 11) is 0. The Balaban J connectivity index is 3.06. The summed E-state index contributed by atoms with van der Waals surface area (Å²) in [6.07, 6.45) is 1.80. The molecular formula is C8H9FN. The monoisotopic (exact) mass is 138 g/mol. The third-order valence-corrected chi connectivity index (χ3v) is 1.28. The molecular weight excluding hydrogens is 129 g/mol. The van der Waals surface area contributed by atoms with Gasteiger partial charge in [-0.1, -0.05) is 6.92 Å². The van der Waals surface area contributed by atoms with E-state index in [1.54, 1.807) is 12.5 Å². The highest BCUT2D eigenvalue weighted by molar-refractivity contribution is 5.43. The van der Waals surface area contributed by atoms with Crippen molar-refractivity contribution in [2.24, 2.45) is 0 Å². The SMILES string of the molecule is C[CH]c1cc(N)cc(F)c1. The summed E-state index contributed by atoms with van der Waals surface area (Å²) in [4.78, 5) is 0. The Morgan fingerprint density at radius 1 is 1.40 bits per heavy atom. The molecule has 53 valence electrons. The maximum Gasteiger partial charge on any atom is 0.125 e. The number of anilines is 1. The molecule has 0 aliphatic heterocycles. The van der Waals surface area contributed by atoms with Gasteiger partial charge in [-0.2, -0.15) is 0 Å². The second-order valence-electron chi connectivity index (χ2n) is 2.11. The van der Waals surface area contributed by atoms with E-state index in [1.807, 2.05) is 6.92 Å². The molecule has 0 heterocycles. The van der Waals surface area contributed by atoms with E-state index in [2.05, 4.69) is 0 Å². The normalized spacial score (nSPS) is 9.80. The number of nitrogens with two attached hydrogens (primary N) is 1. The fourth-order valence-electron chi connectivity index (χ4n) is 0.803. The van der Waals surface area contributed by atoms with Crippen LogP contribution in [0.4, 0.5) is 10.1 Å². The summed E-state index contributed by atoms with van der Waals surface area (Å²) in [5.74, 6) is -0.284. The molecule has 0 atom stereocenters. The molecule has 0 aliphatic rings. The van der Waals surface area contributed by atoms with Crippen molar-refractivity contribution in [2.75, 3.05) is 5.73 Å². The standard InChI is InChI=1S/C8H9FN/c1-2-6-3-7(9)5-8(10)4-6/h2-5H,10H2,1H3. The number of rotatable bonds is 1. The van der Waals surface area contributed by atoms with E-state index in [-0.39, 0.29) is 5.82 Å². The fraction of sp³-hybridized carbons (Fsp3) is 0.125. The Hall–Kier alpha value is -1.05. The van der Waals surface area contributed by atoms with Gasteiger partial charge in [0.25, 0.3) is 0 Å². The van der Waals surface area contributed by atoms with Gasteiger partial charge < -0.3 is 5.73 Å². The first-order chi connectivity index (χ1) is 4.72. The molecule has 1 radical (unpaired) electrons. The van der Waals surface area contributed by atoms with Crippen LogP contribution in [0.2, 0.25) is 0 Å². The number of hydrogen-bond acceptors (Lipinski definition) is 1. The number of halogens is 1. The molecule has 0 amide bonds. The lowest BCUT2D eigenvalue weighted by Gasteiger charge is -1.97. The van der Waals surface area contributed by atoms with Crippen molar-refractivity contribution < 1.29 is 4.39 Å². The zero-order valence-electron chi connectivity index (χ0n) is 5.76. The maximum absolute atomic E-state index is 12.5. The summed E-state index contributed by atoms with van der Waals surface area (Å²) >= 11 is 0. The Morgan fingerprint density at radius 2 is 2.10 bits per heavy atom. The van der Waals surface area contributed by atoms with E-state index < -0.39 is 0 Å². The Bertz CT molecular complexity index is 212. The van der Waals surface area contributed by atoms with Gasteiger partial charge in [-0.15, -0.1) is 0 Å². The number of hydrogen-bond donors (Lipinski definition) is 1. The minimum Gasteiger partial charge on any atom is -0.399 e. The quantitative estimate of drug-likeness (QED) is 0.590. The highest BCUT2D eigenvalue weighted by Crippen LogP contribution is 2.11. The Labute approximate surface area is 59.7 Å². The molecule has 1 aromatic carbocycles. The van der Waals surface area contributed by atoms with Crippen LogP contribution in [0.5, 0.6) is 0 Å². The van der Waals surface area contributed by atoms with Crippen LogP contribution in [0.1, 0.15) is 12.5 Å². The van der Waals surface area contributed by atoms with Gasteiger partial charge in [0.05, 0.1) is 0 Å². The maximum atomic E-state index is 12.5. The number of benzene rings is 1. The van der Waals surface area contributed by atoms with Gasteiger partial charge >= 0.3 is 0 Å². The molecule has 1 aromatic rings. The van der Waals surface area contributed by atoms with Crippen LogP contribution in [0, 0.1) is 12.2 Å². The predicted molar refractivity (Wildman–Crippen MR) is 39.9 cm³/mol. The molecule has 10 heavy (non-hydrogen) atoms. The molecule has 0 unspecified atom stereocenters. The van der Waals surface area contributed by atoms with Crippen LogP contribution in [0.25, 0.3) is 0 Å². The van der Waals surface area contributed by atoms with Gasteiger partial charge in [0.1, 0.15) is 5.82 Å². The van der Waals surface area contributed by atoms with Gasteiger partial charge in [-0.05, 0) is 30.2 Å². The summed E-state index contributed by atoms with van der Waals surface area (Å²) < 4.78 is 12.5. The largest absolute Gasteiger partial charge is 0.399 e. The highest BCUT2D eigenvalue weighted by Gasteiger charge is 1.94. The molecule has 0 saturated heterocycles. The molecule has 2 N–H and O–H groups in total. The van der Waals surface area contributed by atoms with E-state index in [1.165, 1.54) is 12.1 Å². The van der Waals surface area contributed by atoms with E-state index >= 15 is 0 Å². The zero-order chi connectivity index (χ0) is 7.56. The van der Waals surface area contributed by atoms with Crippen molar-refractivity contribution in [3.05, 3.63) is 36.0 Å².